The molecule has 0 saturated carbocycles. The average Bonchev–Trinajstić information content (AvgIpc) is 2.83. The van der Waals surface area contributed by atoms with Crippen LogP contribution in [-0.4, -0.2) is 27.4 Å². The Morgan fingerprint density at radius 3 is 2.84 bits per heavy atom. The van der Waals surface area contributed by atoms with E-state index in [2.05, 4.69) is 17.3 Å². The van der Waals surface area contributed by atoms with Crippen molar-refractivity contribution < 1.29 is 9.90 Å². The van der Waals surface area contributed by atoms with Gasteiger partial charge in [0.1, 0.15) is 11.4 Å². The van der Waals surface area contributed by atoms with Gasteiger partial charge in [-0.2, -0.15) is 5.10 Å². The smallest absolute Gasteiger partial charge is 0.341 e. The van der Waals surface area contributed by atoms with E-state index in [4.69, 9.17) is 5.11 Å². The van der Waals surface area contributed by atoms with E-state index < -0.39 is 5.97 Å². The van der Waals surface area contributed by atoms with Gasteiger partial charge in [0.2, 0.25) is 0 Å². The number of aryl methyl sites for hydroxylation is 1. The molecule has 0 aliphatic rings. The van der Waals surface area contributed by atoms with E-state index in [1.54, 1.807) is 4.68 Å². The number of nitrogens with one attached hydrogen (secondary N) is 1. The fraction of sp³-hybridized carbons (Fsp3) is 0.286. The quantitative estimate of drug-likeness (QED) is 0.866. The number of rotatable bonds is 5. The van der Waals surface area contributed by atoms with Gasteiger partial charge in [-0.1, -0.05) is 19.1 Å². The van der Waals surface area contributed by atoms with Gasteiger partial charge >= 0.3 is 5.97 Å². The topological polar surface area (TPSA) is 67.2 Å². The van der Waals surface area contributed by atoms with E-state index in [0.29, 0.717) is 12.4 Å². The summed E-state index contributed by atoms with van der Waals surface area (Å²) in [6.07, 6.45) is 2.30. The van der Waals surface area contributed by atoms with Crippen LogP contribution in [0.15, 0.2) is 30.5 Å². The highest BCUT2D eigenvalue weighted by atomic mass is 16.4. The van der Waals surface area contributed by atoms with Crippen LogP contribution < -0.4 is 5.32 Å². The molecule has 19 heavy (non-hydrogen) atoms. The van der Waals surface area contributed by atoms with Gasteiger partial charge in [0.15, 0.2) is 0 Å². The molecule has 0 aliphatic heterocycles. The molecule has 0 radical (unpaired) electrons. The molecule has 1 heterocycles. The Hall–Kier alpha value is -2.30. The minimum atomic E-state index is -0.978. The van der Waals surface area contributed by atoms with Crippen LogP contribution in [0.5, 0.6) is 0 Å². The predicted octanol–water partition coefficient (Wildman–Crippen LogP) is 2.56. The third-order valence-corrected chi connectivity index (χ3v) is 2.91. The van der Waals surface area contributed by atoms with Crippen LogP contribution in [0.3, 0.4) is 0 Å². The van der Waals surface area contributed by atoms with Crippen LogP contribution >= 0.6 is 0 Å². The average molecular weight is 259 g/mol. The van der Waals surface area contributed by atoms with Crippen molar-refractivity contribution in [3.8, 4) is 5.69 Å². The van der Waals surface area contributed by atoms with Gasteiger partial charge in [-0.15, -0.1) is 0 Å². The molecular weight excluding hydrogens is 242 g/mol. The van der Waals surface area contributed by atoms with Crippen LogP contribution in [0.2, 0.25) is 0 Å². The maximum absolute atomic E-state index is 11.2. The van der Waals surface area contributed by atoms with E-state index in [-0.39, 0.29) is 5.56 Å². The summed E-state index contributed by atoms with van der Waals surface area (Å²) >= 11 is 0. The maximum atomic E-state index is 11.2. The zero-order valence-corrected chi connectivity index (χ0v) is 11.1. The summed E-state index contributed by atoms with van der Waals surface area (Å²) in [6, 6.07) is 7.92. The zero-order valence-electron chi connectivity index (χ0n) is 11.1. The Morgan fingerprint density at radius 1 is 1.42 bits per heavy atom. The van der Waals surface area contributed by atoms with Gasteiger partial charge in [0.25, 0.3) is 0 Å². The Morgan fingerprint density at radius 2 is 2.21 bits per heavy atom. The third kappa shape index (κ3) is 2.59. The highest BCUT2D eigenvalue weighted by molar-refractivity contribution is 5.93. The minimum absolute atomic E-state index is 0.184. The van der Waals surface area contributed by atoms with E-state index >= 15 is 0 Å². The molecule has 1 aromatic heterocycles. The second-order valence-corrected chi connectivity index (χ2v) is 4.18. The molecule has 5 heteroatoms. The molecule has 0 aliphatic carbocycles. The fourth-order valence-corrected chi connectivity index (χ4v) is 1.95. The largest absolute Gasteiger partial charge is 0.477 e. The molecule has 0 atom stereocenters. The molecular formula is C14H17N3O2. The van der Waals surface area contributed by atoms with Crippen LogP contribution in [0.4, 0.5) is 5.82 Å². The van der Waals surface area contributed by atoms with Gasteiger partial charge in [0, 0.05) is 6.54 Å². The molecule has 0 saturated heterocycles. The second-order valence-electron chi connectivity index (χ2n) is 4.18. The standard InChI is InChI=1S/C14H17N3O2/c1-3-10-6-5-7-11(8-10)17-13(15-4-2)12(9-16-17)14(18)19/h5-9,15H,3-4H2,1-2H3,(H,18,19). The lowest BCUT2D eigenvalue weighted by Crippen LogP contribution is -2.09. The summed E-state index contributed by atoms with van der Waals surface area (Å²) in [6.45, 7) is 4.64. The number of nitrogens with zero attached hydrogens (tertiary/aromatic N) is 2. The van der Waals surface area contributed by atoms with Crippen LogP contribution in [-0.2, 0) is 6.42 Å². The van der Waals surface area contributed by atoms with Crippen molar-refractivity contribution in [2.45, 2.75) is 20.3 Å². The van der Waals surface area contributed by atoms with Crippen molar-refractivity contribution in [3.63, 3.8) is 0 Å². The van der Waals surface area contributed by atoms with Gasteiger partial charge < -0.3 is 10.4 Å². The highest BCUT2D eigenvalue weighted by Gasteiger charge is 2.17. The van der Waals surface area contributed by atoms with E-state index in [0.717, 1.165) is 12.1 Å². The van der Waals surface area contributed by atoms with Gasteiger partial charge in [0.05, 0.1) is 11.9 Å². The summed E-state index contributed by atoms with van der Waals surface area (Å²) in [7, 11) is 0. The molecule has 0 spiro atoms. The first-order valence-electron chi connectivity index (χ1n) is 6.31. The monoisotopic (exact) mass is 259 g/mol. The van der Waals surface area contributed by atoms with Crippen molar-refractivity contribution in [1.29, 1.82) is 0 Å². The summed E-state index contributed by atoms with van der Waals surface area (Å²) in [5.74, 6) is -0.461. The highest BCUT2D eigenvalue weighted by Crippen LogP contribution is 2.21. The van der Waals surface area contributed by atoms with Crippen LogP contribution in [0, 0.1) is 0 Å². The summed E-state index contributed by atoms with van der Waals surface area (Å²) < 4.78 is 1.63. The van der Waals surface area contributed by atoms with Crippen LogP contribution in [0.1, 0.15) is 29.8 Å². The molecule has 2 N–H and O–H groups in total. The number of hydrogen-bond acceptors (Lipinski definition) is 3. The lowest BCUT2D eigenvalue weighted by Gasteiger charge is -2.10. The normalized spacial score (nSPS) is 10.4. The Kier molecular flexibility index (Phi) is 3.85. The number of carbonyl (C=O) groups is 1. The lowest BCUT2D eigenvalue weighted by atomic mass is 10.1. The fourth-order valence-electron chi connectivity index (χ4n) is 1.95. The number of carboxylic acids is 1. The number of carboxylic acid groups (broad SMARTS) is 1. The number of hydrogen-bond donors (Lipinski definition) is 2. The second kappa shape index (κ2) is 5.56. The molecule has 0 fully saturated rings. The van der Waals surface area contributed by atoms with E-state index in [9.17, 15) is 4.79 Å². The van der Waals surface area contributed by atoms with Gasteiger partial charge in [-0.25, -0.2) is 9.48 Å². The first-order valence-corrected chi connectivity index (χ1v) is 6.31. The van der Waals surface area contributed by atoms with Crippen molar-refractivity contribution in [3.05, 3.63) is 41.6 Å². The van der Waals surface area contributed by atoms with E-state index in [1.807, 2.05) is 31.2 Å². The molecule has 100 valence electrons. The van der Waals surface area contributed by atoms with Crippen molar-refractivity contribution in [2.75, 3.05) is 11.9 Å². The van der Waals surface area contributed by atoms with Gasteiger partial charge in [-0.05, 0) is 31.0 Å². The molecule has 0 bridgehead atoms. The van der Waals surface area contributed by atoms with Crippen LogP contribution in [0.25, 0.3) is 5.69 Å². The molecule has 2 aromatic rings. The van der Waals surface area contributed by atoms with Crippen molar-refractivity contribution in [1.82, 2.24) is 9.78 Å². The predicted molar refractivity (Wildman–Crippen MR) is 74.1 cm³/mol. The Balaban J connectivity index is 2.51. The molecule has 1 aromatic carbocycles. The van der Waals surface area contributed by atoms with Crippen molar-refractivity contribution >= 4 is 11.8 Å². The molecule has 2 rings (SSSR count). The SMILES string of the molecule is CCNc1c(C(=O)O)cnn1-c1cccc(CC)c1. The summed E-state index contributed by atoms with van der Waals surface area (Å²) in [4.78, 5) is 11.2. The maximum Gasteiger partial charge on any atom is 0.341 e. The minimum Gasteiger partial charge on any atom is -0.477 e. The number of anilines is 1. The van der Waals surface area contributed by atoms with E-state index in [1.165, 1.54) is 11.8 Å². The lowest BCUT2D eigenvalue weighted by molar-refractivity contribution is 0.0698. The molecule has 0 unspecified atom stereocenters. The molecule has 5 nitrogen and oxygen atoms in total. The first-order chi connectivity index (χ1) is 9.17. The Bertz CT molecular complexity index is 590. The summed E-state index contributed by atoms with van der Waals surface area (Å²) in [5.41, 5.74) is 2.24. The molecule has 0 amide bonds. The number of aromatic nitrogens is 2. The Labute approximate surface area is 111 Å². The summed E-state index contributed by atoms with van der Waals surface area (Å²) in [5, 5.41) is 16.4. The third-order valence-electron chi connectivity index (χ3n) is 2.91. The number of aromatic carboxylic acids is 1. The first kappa shape index (κ1) is 13.1. The van der Waals surface area contributed by atoms with Crippen molar-refractivity contribution in [2.24, 2.45) is 0 Å². The number of benzene rings is 1. The van der Waals surface area contributed by atoms with Gasteiger partial charge in [-0.3, -0.25) is 0 Å². The zero-order chi connectivity index (χ0) is 13.8.